The zero-order chi connectivity index (χ0) is 19.1. The molecule has 0 aliphatic heterocycles. The van der Waals surface area contributed by atoms with Gasteiger partial charge in [-0.3, -0.25) is 14.3 Å². The second kappa shape index (κ2) is 6.59. The van der Waals surface area contributed by atoms with E-state index in [1.54, 1.807) is 0 Å². The molecule has 1 fully saturated rings. The van der Waals surface area contributed by atoms with E-state index in [1.165, 1.54) is 34.6 Å². The largest absolute Gasteiger partial charge is 0.503 e. The molecule has 1 amide bonds. The molecular weight excluding hydrogens is 330 g/mol. The zero-order valence-electron chi connectivity index (χ0n) is 15.7. The Kier molecular flexibility index (Phi) is 4.61. The Balaban J connectivity index is 1.94. The van der Waals surface area contributed by atoms with Crippen LogP contribution in [0.15, 0.2) is 29.2 Å². The molecule has 6 nitrogen and oxygen atoms in total. The molecule has 2 aromatic rings. The molecule has 0 atom stereocenters. The molecule has 3 rings (SSSR count). The number of aromatic nitrogens is 2. The van der Waals surface area contributed by atoms with Crippen LogP contribution in [0.5, 0.6) is 5.75 Å². The first-order chi connectivity index (χ1) is 12.3. The number of aromatic hydroxyl groups is 1. The average molecular weight is 355 g/mol. The summed E-state index contributed by atoms with van der Waals surface area (Å²) in [6.45, 7) is 7.01. The minimum atomic E-state index is -0.748. The second-order valence-corrected chi connectivity index (χ2v) is 7.48. The Bertz CT molecular complexity index is 911. The highest BCUT2D eigenvalue weighted by atomic mass is 16.3. The zero-order valence-corrected chi connectivity index (χ0v) is 15.7. The highest BCUT2D eigenvalue weighted by Gasteiger charge is 2.45. The van der Waals surface area contributed by atoms with Crippen molar-refractivity contribution in [1.29, 1.82) is 0 Å². The molecule has 1 heterocycles. The van der Waals surface area contributed by atoms with E-state index in [9.17, 15) is 14.7 Å². The van der Waals surface area contributed by atoms with Crippen LogP contribution < -0.4 is 10.7 Å². The minimum Gasteiger partial charge on any atom is -0.503 e. The number of aryl methyl sites for hydroxylation is 1. The Labute approximate surface area is 152 Å². The Hall–Kier alpha value is -2.63. The average Bonchev–Trinajstić information content (AvgIpc) is 3.37. The molecule has 138 valence electrons. The molecule has 0 radical (unpaired) electrons. The molecule has 2 N–H and O–H groups in total. The van der Waals surface area contributed by atoms with Gasteiger partial charge in [0.2, 0.25) is 0 Å². The number of nitrogens with one attached hydrogen (secondary N) is 1. The lowest BCUT2D eigenvalue weighted by atomic mass is 9.89. The van der Waals surface area contributed by atoms with Crippen molar-refractivity contribution >= 4 is 5.91 Å². The van der Waals surface area contributed by atoms with Crippen LogP contribution in [0, 0.1) is 6.92 Å². The lowest BCUT2D eigenvalue weighted by molar-refractivity contribution is 0.0953. The van der Waals surface area contributed by atoms with E-state index in [2.05, 4.69) is 49.4 Å². The molecule has 0 unspecified atom stereocenters. The molecule has 1 aromatic carbocycles. The fraction of sp³-hybridized carbons (Fsp3) is 0.450. The smallest absolute Gasteiger partial charge is 0.275 e. The van der Waals surface area contributed by atoms with E-state index in [4.69, 9.17) is 0 Å². The standard InChI is InChI=1S/C20H25N3O3/c1-12(2)15-6-5-14(9-13(15)3)20(7-8-20)11-23-10-16(24)18(25)17(22-23)19(26)21-4/h5-6,9-10,12,24H,7-8,11H2,1-4H3,(H,21,26). The lowest BCUT2D eigenvalue weighted by Crippen LogP contribution is -2.30. The molecule has 1 aliphatic rings. The first-order valence-corrected chi connectivity index (χ1v) is 8.91. The van der Waals surface area contributed by atoms with Crippen molar-refractivity contribution in [2.75, 3.05) is 7.05 Å². The predicted octanol–water partition coefficient (Wildman–Crippen LogP) is 2.47. The second-order valence-electron chi connectivity index (χ2n) is 7.48. The third-order valence-electron chi connectivity index (χ3n) is 5.21. The predicted molar refractivity (Wildman–Crippen MR) is 99.7 cm³/mol. The summed E-state index contributed by atoms with van der Waals surface area (Å²) in [6.07, 6.45) is 3.33. The van der Waals surface area contributed by atoms with Gasteiger partial charge in [-0.15, -0.1) is 0 Å². The normalized spacial score (nSPS) is 15.1. The van der Waals surface area contributed by atoms with Gasteiger partial charge in [-0.05, 0) is 42.4 Å². The van der Waals surface area contributed by atoms with Crippen molar-refractivity contribution in [3.05, 3.63) is 57.0 Å². The van der Waals surface area contributed by atoms with Crippen LogP contribution in [-0.4, -0.2) is 27.8 Å². The van der Waals surface area contributed by atoms with Gasteiger partial charge >= 0.3 is 0 Å². The maximum Gasteiger partial charge on any atom is 0.275 e. The highest BCUT2D eigenvalue weighted by molar-refractivity contribution is 5.92. The number of hydrogen-bond donors (Lipinski definition) is 2. The van der Waals surface area contributed by atoms with Gasteiger partial charge in [0.05, 0.1) is 12.7 Å². The van der Waals surface area contributed by atoms with Crippen molar-refractivity contribution in [1.82, 2.24) is 15.1 Å². The molecule has 26 heavy (non-hydrogen) atoms. The van der Waals surface area contributed by atoms with Crippen molar-refractivity contribution in [2.45, 2.75) is 51.5 Å². The molecule has 0 saturated heterocycles. The number of carbonyl (C=O) groups excluding carboxylic acids is 1. The van der Waals surface area contributed by atoms with Crippen LogP contribution in [0.4, 0.5) is 0 Å². The van der Waals surface area contributed by atoms with Crippen LogP contribution >= 0.6 is 0 Å². The van der Waals surface area contributed by atoms with Gasteiger partial charge in [0.15, 0.2) is 11.4 Å². The third-order valence-corrected chi connectivity index (χ3v) is 5.21. The Morgan fingerprint density at radius 1 is 1.38 bits per heavy atom. The summed E-state index contributed by atoms with van der Waals surface area (Å²) in [7, 11) is 1.43. The molecule has 0 spiro atoms. The fourth-order valence-corrected chi connectivity index (χ4v) is 3.52. The summed E-state index contributed by atoms with van der Waals surface area (Å²) in [4.78, 5) is 23.8. The van der Waals surface area contributed by atoms with Crippen LogP contribution in [0.25, 0.3) is 0 Å². The number of carbonyl (C=O) groups is 1. The molecule has 0 bridgehead atoms. The number of amides is 1. The van der Waals surface area contributed by atoms with Crippen molar-refractivity contribution in [2.24, 2.45) is 0 Å². The number of rotatable bonds is 5. The summed E-state index contributed by atoms with van der Waals surface area (Å²) in [6, 6.07) is 6.57. The fourth-order valence-electron chi connectivity index (χ4n) is 3.52. The van der Waals surface area contributed by atoms with Crippen molar-refractivity contribution < 1.29 is 9.90 Å². The van der Waals surface area contributed by atoms with Gasteiger partial charge in [0.25, 0.3) is 11.3 Å². The maximum atomic E-state index is 11.9. The lowest BCUT2D eigenvalue weighted by Gasteiger charge is -2.20. The van der Waals surface area contributed by atoms with E-state index in [0.29, 0.717) is 12.5 Å². The molecule has 6 heteroatoms. The van der Waals surface area contributed by atoms with Crippen molar-refractivity contribution in [3.8, 4) is 5.75 Å². The first-order valence-electron chi connectivity index (χ1n) is 8.91. The molecular formula is C20H25N3O3. The summed E-state index contributed by atoms with van der Waals surface area (Å²) in [5, 5.41) is 16.4. The van der Waals surface area contributed by atoms with E-state index in [1.807, 2.05) is 0 Å². The van der Waals surface area contributed by atoms with Gasteiger partial charge in [-0.25, -0.2) is 0 Å². The first kappa shape index (κ1) is 18.2. The third kappa shape index (κ3) is 3.23. The summed E-state index contributed by atoms with van der Waals surface area (Å²) in [5.74, 6) is -0.575. The van der Waals surface area contributed by atoms with Crippen LogP contribution in [0.1, 0.15) is 59.8 Å². The number of nitrogens with zero attached hydrogens (tertiary/aromatic N) is 2. The monoisotopic (exact) mass is 355 g/mol. The Morgan fingerprint density at radius 2 is 2.08 bits per heavy atom. The summed E-state index contributed by atoms with van der Waals surface area (Å²) < 4.78 is 1.51. The number of benzene rings is 1. The molecule has 1 aliphatic carbocycles. The van der Waals surface area contributed by atoms with E-state index < -0.39 is 17.1 Å². The molecule has 1 aromatic heterocycles. The van der Waals surface area contributed by atoms with Gasteiger partial charge in [0.1, 0.15) is 0 Å². The van der Waals surface area contributed by atoms with Gasteiger partial charge in [-0.2, -0.15) is 5.10 Å². The van der Waals surface area contributed by atoms with Crippen molar-refractivity contribution in [3.63, 3.8) is 0 Å². The van der Waals surface area contributed by atoms with Crippen LogP contribution in [0.2, 0.25) is 0 Å². The van der Waals surface area contributed by atoms with Gasteiger partial charge in [0, 0.05) is 12.5 Å². The van der Waals surface area contributed by atoms with Crippen LogP contribution in [-0.2, 0) is 12.0 Å². The summed E-state index contributed by atoms with van der Waals surface area (Å²) >= 11 is 0. The highest BCUT2D eigenvalue weighted by Crippen LogP contribution is 2.50. The van der Waals surface area contributed by atoms with Gasteiger partial charge < -0.3 is 10.4 Å². The van der Waals surface area contributed by atoms with E-state index in [-0.39, 0.29) is 11.1 Å². The SMILES string of the molecule is CNC(=O)c1nn(CC2(c3ccc(C(C)C)c(C)c3)CC2)cc(O)c1=O. The summed E-state index contributed by atoms with van der Waals surface area (Å²) in [5.41, 5.74) is 2.75. The Morgan fingerprint density at radius 3 is 2.62 bits per heavy atom. The van der Waals surface area contributed by atoms with E-state index >= 15 is 0 Å². The molecule has 1 saturated carbocycles. The maximum absolute atomic E-state index is 11.9. The number of hydrogen-bond acceptors (Lipinski definition) is 4. The van der Waals surface area contributed by atoms with Gasteiger partial charge in [-0.1, -0.05) is 32.0 Å². The minimum absolute atomic E-state index is 0.0608. The quantitative estimate of drug-likeness (QED) is 0.863. The van der Waals surface area contributed by atoms with Crippen LogP contribution in [0.3, 0.4) is 0 Å². The van der Waals surface area contributed by atoms with E-state index in [0.717, 1.165) is 12.8 Å². The topological polar surface area (TPSA) is 84.2 Å².